The number of para-hydroxylation sites is 1. The summed E-state index contributed by atoms with van der Waals surface area (Å²) in [6, 6.07) is 18.5. The molecule has 3 aromatic heterocycles. The Kier molecular flexibility index (Phi) is 6.93. The predicted octanol–water partition coefficient (Wildman–Crippen LogP) is 2.39. The summed E-state index contributed by atoms with van der Waals surface area (Å²) >= 11 is 0. The van der Waals surface area contributed by atoms with Gasteiger partial charge in [-0.2, -0.15) is 0 Å². The van der Waals surface area contributed by atoms with Crippen LogP contribution in [0.5, 0.6) is 0 Å². The summed E-state index contributed by atoms with van der Waals surface area (Å²) in [6.07, 6.45) is 2.12. The molecule has 10 nitrogen and oxygen atoms in total. The van der Waals surface area contributed by atoms with E-state index < -0.39 is 5.69 Å². The lowest BCUT2D eigenvalue weighted by atomic mass is 10.1. The molecule has 4 heterocycles. The molecule has 1 aliphatic rings. The zero-order chi connectivity index (χ0) is 27.8. The van der Waals surface area contributed by atoms with Crippen molar-refractivity contribution in [2.75, 3.05) is 18.0 Å². The van der Waals surface area contributed by atoms with Crippen molar-refractivity contribution in [3.63, 3.8) is 0 Å². The molecule has 0 bridgehead atoms. The first kappa shape index (κ1) is 25.9. The zero-order valence-electron chi connectivity index (χ0n) is 23.2. The smallest absolute Gasteiger partial charge is 0.307 e. The number of nitrogens with zero attached hydrogens (tertiary/aromatic N) is 6. The number of fused-ring (bicyclic) bond motifs is 2. The van der Waals surface area contributed by atoms with Crippen LogP contribution in [0.1, 0.15) is 36.8 Å². The molecule has 5 aromatic rings. The number of hydrogen-bond acceptors (Lipinski definition) is 6. The van der Waals surface area contributed by atoms with Crippen molar-refractivity contribution in [1.82, 2.24) is 29.4 Å². The van der Waals surface area contributed by atoms with E-state index in [9.17, 15) is 9.59 Å². The number of anilines is 1. The minimum Gasteiger partial charge on any atom is -0.307 e. The van der Waals surface area contributed by atoms with Gasteiger partial charge in [-0.3, -0.25) is 14.3 Å². The molecule has 2 aromatic carbocycles. The number of aryl methyl sites for hydroxylation is 3. The standard InChI is InChI=1S/C30H34N8O2/c1-4-37-26-27(34-29(37)36-16-10-13-22(18-36)31-17-21-11-6-5-7-12-21)35(3)30(40)38(28(26)39)19-25-32-20(2)23-14-8-9-15-24(23)33-25/h5-9,11-12,14-15,22,31H,4,10,13,16-19H2,1-3H3/p+1/t22-/m1/s1. The van der Waals surface area contributed by atoms with Crippen LogP contribution >= 0.6 is 0 Å². The minimum atomic E-state index is -0.399. The van der Waals surface area contributed by atoms with Crippen LogP contribution in [0.15, 0.2) is 64.2 Å². The molecule has 40 heavy (non-hydrogen) atoms. The number of aromatic nitrogens is 6. The van der Waals surface area contributed by atoms with Crippen molar-refractivity contribution in [2.45, 2.75) is 52.4 Å². The molecular formula is C30H35N8O2+. The number of hydrogen-bond donors (Lipinski definition) is 2. The first-order valence-electron chi connectivity index (χ1n) is 13.9. The molecule has 1 fully saturated rings. The van der Waals surface area contributed by atoms with Crippen LogP contribution in [0.25, 0.3) is 22.1 Å². The van der Waals surface area contributed by atoms with E-state index in [1.165, 1.54) is 14.7 Å². The highest BCUT2D eigenvalue weighted by atomic mass is 16.2. The predicted molar refractivity (Wildman–Crippen MR) is 156 cm³/mol. The van der Waals surface area contributed by atoms with E-state index in [0.29, 0.717) is 29.6 Å². The summed E-state index contributed by atoms with van der Waals surface area (Å²) in [5.41, 5.74) is 3.14. The van der Waals surface area contributed by atoms with E-state index >= 15 is 0 Å². The zero-order valence-corrected chi connectivity index (χ0v) is 23.2. The number of nitrogens with one attached hydrogen (secondary N) is 2. The molecule has 0 aliphatic carbocycles. The summed E-state index contributed by atoms with van der Waals surface area (Å²) in [6.45, 7) is 7.04. The topological polar surface area (TPSA) is 105 Å². The number of aromatic amines is 1. The first-order chi connectivity index (χ1) is 19.4. The van der Waals surface area contributed by atoms with E-state index in [1.807, 2.05) is 48.7 Å². The van der Waals surface area contributed by atoms with Gasteiger partial charge in [-0.05, 0) is 38.3 Å². The number of rotatable bonds is 7. The molecule has 206 valence electrons. The second kappa shape index (κ2) is 10.7. The summed E-state index contributed by atoms with van der Waals surface area (Å²) in [7, 11) is 1.70. The fraction of sp³-hybridized carbons (Fsp3) is 0.367. The van der Waals surface area contributed by atoms with Gasteiger partial charge in [0.05, 0.1) is 31.7 Å². The van der Waals surface area contributed by atoms with Gasteiger partial charge in [-0.25, -0.2) is 28.9 Å². The van der Waals surface area contributed by atoms with Crippen LogP contribution in [0, 0.1) is 6.92 Å². The molecule has 0 spiro atoms. The first-order valence-corrected chi connectivity index (χ1v) is 13.9. The van der Waals surface area contributed by atoms with E-state index in [-0.39, 0.29) is 12.1 Å². The Bertz CT molecular complexity index is 1800. The monoisotopic (exact) mass is 539 g/mol. The molecule has 0 saturated carbocycles. The quantitative estimate of drug-likeness (QED) is 0.308. The van der Waals surface area contributed by atoms with E-state index in [2.05, 4.69) is 49.4 Å². The minimum absolute atomic E-state index is 0.00649. The van der Waals surface area contributed by atoms with Crippen LogP contribution in [-0.2, 0) is 26.7 Å². The lowest BCUT2D eigenvalue weighted by molar-refractivity contribution is -0.655. The normalized spacial score (nSPS) is 15.8. The van der Waals surface area contributed by atoms with Crippen molar-refractivity contribution in [3.8, 4) is 0 Å². The molecule has 1 aliphatic heterocycles. The Hall–Kier alpha value is -4.31. The summed E-state index contributed by atoms with van der Waals surface area (Å²) in [5, 5.41) is 4.65. The largest absolute Gasteiger partial charge is 0.359 e. The summed E-state index contributed by atoms with van der Waals surface area (Å²) in [5.74, 6) is 1.29. The van der Waals surface area contributed by atoms with Crippen LogP contribution in [-0.4, -0.2) is 43.2 Å². The van der Waals surface area contributed by atoms with Gasteiger partial charge in [-0.15, -0.1) is 0 Å². The third-order valence-corrected chi connectivity index (χ3v) is 7.90. The van der Waals surface area contributed by atoms with Gasteiger partial charge in [-0.1, -0.05) is 48.5 Å². The van der Waals surface area contributed by atoms with Gasteiger partial charge in [0.1, 0.15) is 5.82 Å². The molecule has 0 amide bonds. The maximum absolute atomic E-state index is 13.9. The van der Waals surface area contributed by atoms with Crippen LogP contribution < -0.4 is 26.0 Å². The Balaban J connectivity index is 1.34. The molecule has 0 unspecified atom stereocenters. The summed E-state index contributed by atoms with van der Waals surface area (Å²) in [4.78, 5) is 42.3. The summed E-state index contributed by atoms with van der Waals surface area (Å²) < 4.78 is 4.77. The van der Waals surface area contributed by atoms with Crippen molar-refractivity contribution in [2.24, 2.45) is 7.05 Å². The molecule has 2 N–H and O–H groups in total. The van der Waals surface area contributed by atoms with Crippen molar-refractivity contribution in [3.05, 3.63) is 92.5 Å². The molecular weight excluding hydrogens is 504 g/mol. The van der Waals surface area contributed by atoms with E-state index in [1.54, 1.807) is 7.05 Å². The average molecular weight is 540 g/mol. The molecule has 1 atom stereocenters. The van der Waals surface area contributed by atoms with Gasteiger partial charge in [0, 0.05) is 30.7 Å². The SMILES string of the molecule is CC[n+]1c(N2CCC[C@@H](NCc3ccccc3)C2)[nH]c2c1c(=O)n(Cc1nc(C)c3ccccc3n1)c(=O)n2C. The fourth-order valence-corrected chi connectivity index (χ4v) is 5.82. The third kappa shape index (κ3) is 4.68. The molecule has 0 radical (unpaired) electrons. The highest BCUT2D eigenvalue weighted by molar-refractivity contribution is 5.80. The van der Waals surface area contributed by atoms with Crippen molar-refractivity contribution >= 4 is 28.0 Å². The Morgan fingerprint density at radius 2 is 1.85 bits per heavy atom. The van der Waals surface area contributed by atoms with Gasteiger partial charge in [0.15, 0.2) is 0 Å². The van der Waals surface area contributed by atoms with Gasteiger partial charge < -0.3 is 5.32 Å². The van der Waals surface area contributed by atoms with Gasteiger partial charge >= 0.3 is 11.6 Å². The third-order valence-electron chi connectivity index (χ3n) is 7.90. The second-order valence-electron chi connectivity index (χ2n) is 10.5. The Labute approximate surface area is 231 Å². The van der Waals surface area contributed by atoms with Crippen LogP contribution in [0.3, 0.4) is 0 Å². The highest BCUT2D eigenvalue weighted by Crippen LogP contribution is 2.19. The molecule has 6 rings (SSSR count). The maximum Gasteiger partial charge on any atom is 0.359 e. The van der Waals surface area contributed by atoms with Gasteiger partial charge in [0.25, 0.3) is 5.56 Å². The highest BCUT2D eigenvalue weighted by Gasteiger charge is 2.32. The van der Waals surface area contributed by atoms with E-state index in [0.717, 1.165) is 55.0 Å². The molecule has 1 saturated heterocycles. The number of H-pyrrole nitrogens is 1. The van der Waals surface area contributed by atoms with Crippen molar-refractivity contribution in [1.29, 1.82) is 0 Å². The van der Waals surface area contributed by atoms with E-state index in [4.69, 9.17) is 0 Å². The fourth-order valence-electron chi connectivity index (χ4n) is 5.82. The second-order valence-corrected chi connectivity index (χ2v) is 10.5. The number of benzene rings is 2. The lowest BCUT2D eigenvalue weighted by Gasteiger charge is -2.29. The maximum atomic E-state index is 13.9. The number of imidazole rings is 1. The molecule has 10 heteroatoms. The Morgan fingerprint density at radius 1 is 1.07 bits per heavy atom. The van der Waals surface area contributed by atoms with Gasteiger partial charge in [0.2, 0.25) is 11.2 Å². The van der Waals surface area contributed by atoms with Crippen LogP contribution in [0.2, 0.25) is 0 Å². The van der Waals surface area contributed by atoms with Crippen LogP contribution in [0.4, 0.5) is 5.95 Å². The number of piperidine rings is 1. The van der Waals surface area contributed by atoms with Crippen molar-refractivity contribution < 1.29 is 4.57 Å². The lowest BCUT2D eigenvalue weighted by Crippen LogP contribution is -2.51. The average Bonchev–Trinajstić information content (AvgIpc) is 3.38. The Morgan fingerprint density at radius 3 is 2.65 bits per heavy atom.